The van der Waals surface area contributed by atoms with E-state index in [1.807, 2.05) is 0 Å². The third-order valence-electron chi connectivity index (χ3n) is 3.11. The molecule has 0 spiro atoms. The Kier molecular flexibility index (Phi) is 5.79. The predicted octanol–water partition coefficient (Wildman–Crippen LogP) is 4.87. The summed E-state index contributed by atoms with van der Waals surface area (Å²) in [4.78, 5) is 29.3. The van der Waals surface area contributed by atoms with Gasteiger partial charge < -0.3 is 4.74 Å². The van der Waals surface area contributed by atoms with Crippen LogP contribution in [0.15, 0.2) is 30.5 Å². The molecule has 1 aromatic heterocycles. The number of benzene rings is 1. The Labute approximate surface area is 151 Å². The molecular weight excluding hydrogens is 338 g/mol. The van der Waals surface area contributed by atoms with Gasteiger partial charge in [-0.15, -0.1) is 11.3 Å². The van der Waals surface area contributed by atoms with E-state index in [9.17, 15) is 9.59 Å². The van der Waals surface area contributed by atoms with Crippen LogP contribution in [0.4, 0.5) is 15.6 Å². The number of thiazole rings is 1. The van der Waals surface area contributed by atoms with Crippen LogP contribution in [-0.4, -0.2) is 22.6 Å². The van der Waals surface area contributed by atoms with E-state index in [0.717, 1.165) is 4.88 Å². The zero-order valence-corrected chi connectivity index (χ0v) is 15.9. The molecule has 0 aliphatic heterocycles. The highest BCUT2D eigenvalue weighted by Crippen LogP contribution is 2.25. The molecule has 7 heteroatoms. The summed E-state index contributed by atoms with van der Waals surface area (Å²) in [7, 11) is 0. The van der Waals surface area contributed by atoms with Gasteiger partial charge in [0.15, 0.2) is 5.13 Å². The molecule has 2 amide bonds. The van der Waals surface area contributed by atoms with Gasteiger partial charge in [-0.3, -0.25) is 15.4 Å². The first-order valence-corrected chi connectivity index (χ1v) is 8.83. The Balaban J connectivity index is 1.96. The summed E-state index contributed by atoms with van der Waals surface area (Å²) in [5.74, 6) is 0.134. The Hall–Kier alpha value is -2.41. The van der Waals surface area contributed by atoms with Crippen molar-refractivity contribution in [2.24, 2.45) is 0 Å². The van der Waals surface area contributed by atoms with Gasteiger partial charge in [-0.05, 0) is 51.0 Å². The Morgan fingerprint density at radius 1 is 1.12 bits per heavy atom. The Morgan fingerprint density at radius 3 is 2.28 bits per heavy atom. The average molecular weight is 361 g/mol. The number of aromatic nitrogens is 1. The van der Waals surface area contributed by atoms with Crippen molar-refractivity contribution in [2.75, 3.05) is 10.6 Å². The summed E-state index contributed by atoms with van der Waals surface area (Å²) < 4.78 is 5.18. The lowest BCUT2D eigenvalue weighted by atomic mass is 10.2. The molecule has 0 saturated heterocycles. The highest BCUT2D eigenvalue weighted by molar-refractivity contribution is 7.15. The number of nitrogens with zero attached hydrogens (tertiary/aromatic N) is 1. The lowest BCUT2D eigenvalue weighted by Gasteiger charge is -2.19. The predicted molar refractivity (Wildman–Crippen MR) is 100 cm³/mol. The summed E-state index contributed by atoms with van der Waals surface area (Å²) in [6.07, 6.45) is 1.24. The van der Waals surface area contributed by atoms with E-state index in [1.165, 1.54) is 11.3 Å². The Bertz CT molecular complexity index is 746. The van der Waals surface area contributed by atoms with Crippen molar-refractivity contribution >= 4 is 34.2 Å². The number of nitrogens with one attached hydrogen (secondary N) is 2. The average Bonchev–Trinajstić information content (AvgIpc) is 2.94. The molecule has 2 rings (SSSR count). The maximum atomic E-state index is 12.3. The number of hydrogen-bond donors (Lipinski definition) is 2. The summed E-state index contributed by atoms with van der Waals surface area (Å²) in [5, 5.41) is 5.98. The zero-order valence-electron chi connectivity index (χ0n) is 15.0. The highest BCUT2D eigenvalue weighted by atomic mass is 32.1. The minimum absolute atomic E-state index is 0.242. The molecule has 0 atom stereocenters. The molecule has 0 bridgehead atoms. The van der Waals surface area contributed by atoms with E-state index < -0.39 is 11.7 Å². The SMILES string of the molecule is CC(C)c1cnc(NC(=O)c2ccc(NC(=O)OC(C)(C)C)cc2)s1. The summed E-state index contributed by atoms with van der Waals surface area (Å²) in [6, 6.07) is 6.58. The maximum absolute atomic E-state index is 12.3. The third kappa shape index (κ3) is 5.86. The molecule has 25 heavy (non-hydrogen) atoms. The van der Waals surface area contributed by atoms with Crippen molar-refractivity contribution in [1.29, 1.82) is 0 Å². The largest absolute Gasteiger partial charge is 0.444 e. The van der Waals surface area contributed by atoms with Crippen LogP contribution < -0.4 is 10.6 Å². The van der Waals surface area contributed by atoms with Crippen molar-refractivity contribution in [3.8, 4) is 0 Å². The van der Waals surface area contributed by atoms with Crippen LogP contribution in [0.25, 0.3) is 0 Å². The maximum Gasteiger partial charge on any atom is 0.412 e. The standard InChI is InChI=1S/C18H23N3O3S/c1-11(2)14-10-19-16(25-14)21-15(22)12-6-8-13(9-7-12)20-17(23)24-18(3,4)5/h6-11H,1-5H3,(H,20,23)(H,19,21,22). The van der Waals surface area contributed by atoms with E-state index in [1.54, 1.807) is 51.2 Å². The monoisotopic (exact) mass is 361 g/mol. The first-order chi connectivity index (χ1) is 11.6. The molecule has 0 unspecified atom stereocenters. The van der Waals surface area contributed by atoms with Crippen LogP contribution in [-0.2, 0) is 4.74 Å². The number of anilines is 2. The quantitative estimate of drug-likeness (QED) is 0.814. The number of hydrogen-bond acceptors (Lipinski definition) is 5. The number of carbonyl (C=O) groups is 2. The van der Waals surface area contributed by atoms with Crippen molar-refractivity contribution in [2.45, 2.75) is 46.1 Å². The van der Waals surface area contributed by atoms with Gasteiger partial charge >= 0.3 is 6.09 Å². The molecule has 1 heterocycles. The lowest BCUT2D eigenvalue weighted by molar-refractivity contribution is 0.0636. The fourth-order valence-electron chi connectivity index (χ4n) is 1.91. The zero-order chi connectivity index (χ0) is 18.6. The van der Waals surface area contributed by atoms with E-state index >= 15 is 0 Å². The van der Waals surface area contributed by atoms with Crippen LogP contribution in [0.5, 0.6) is 0 Å². The van der Waals surface area contributed by atoms with Gasteiger partial charge in [-0.1, -0.05) is 13.8 Å². The number of carbonyl (C=O) groups excluding carboxylic acids is 2. The first-order valence-electron chi connectivity index (χ1n) is 8.01. The smallest absolute Gasteiger partial charge is 0.412 e. The van der Waals surface area contributed by atoms with Crippen LogP contribution >= 0.6 is 11.3 Å². The number of amides is 2. The molecule has 2 N–H and O–H groups in total. The first kappa shape index (κ1) is 18.9. The second-order valence-electron chi connectivity index (χ2n) is 6.88. The molecule has 0 saturated carbocycles. The van der Waals surface area contributed by atoms with Gasteiger partial charge in [0, 0.05) is 22.3 Å². The van der Waals surface area contributed by atoms with E-state index in [-0.39, 0.29) is 5.91 Å². The molecular formula is C18H23N3O3S. The normalized spacial score (nSPS) is 11.3. The summed E-state index contributed by atoms with van der Waals surface area (Å²) in [5.41, 5.74) is 0.477. The molecule has 0 fully saturated rings. The van der Waals surface area contributed by atoms with Gasteiger partial charge in [0.2, 0.25) is 0 Å². The molecule has 0 aliphatic rings. The highest BCUT2D eigenvalue weighted by Gasteiger charge is 2.16. The minimum atomic E-state index is -0.563. The fourth-order valence-corrected chi connectivity index (χ4v) is 2.72. The van der Waals surface area contributed by atoms with Crippen LogP contribution in [0.3, 0.4) is 0 Å². The van der Waals surface area contributed by atoms with Gasteiger partial charge in [-0.25, -0.2) is 9.78 Å². The van der Waals surface area contributed by atoms with Gasteiger partial charge in [0.25, 0.3) is 5.91 Å². The Morgan fingerprint density at radius 2 is 1.76 bits per heavy atom. The van der Waals surface area contributed by atoms with Crippen molar-refractivity contribution in [3.05, 3.63) is 40.9 Å². The second kappa shape index (κ2) is 7.65. The summed E-state index contributed by atoms with van der Waals surface area (Å²) >= 11 is 1.46. The van der Waals surface area contributed by atoms with E-state index in [2.05, 4.69) is 29.5 Å². The minimum Gasteiger partial charge on any atom is -0.444 e. The molecule has 134 valence electrons. The van der Waals surface area contributed by atoms with E-state index in [4.69, 9.17) is 4.74 Å². The van der Waals surface area contributed by atoms with Gasteiger partial charge in [-0.2, -0.15) is 0 Å². The lowest BCUT2D eigenvalue weighted by Crippen LogP contribution is -2.27. The molecule has 6 nitrogen and oxygen atoms in total. The van der Waals surface area contributed by atoms with Crippen molar-refractivity contribution < 1.29 is 14.3 Å². The topological polar surface area (TPSA) is 80.3 Å². The molecule has 0 radical (unpaired) electrons. The van der Waals surface area contributed by atoms with Crippen LogP contribution in [0.1, 0.15) is 55.8 Å². The summed E-state index contributed by atoms with van der Waals surface area (Å²) in [6.45, 7) is 9.54. The molecule has 1 aromatic carbocycles. The fraction of sp³-hybridized carbons (Fsp3) is 0.389. The van der Waals surface area contributed by atoms with Gasteiger partial charge in [0.05, 0.1) is 0 Å². The van der Waals surface area contributed by atoms with Crippen molar-refractivity contribution in [3.63, 3.8) is 0 Å². The molecule has 2 aromatic rings. The number of ether oxygens (including phenoxy) is 1. The van der Waals surface area contributed by atoms with Crippen molar-refractivity contribution in [1.82, 2.24) is 4.98 Å². The molecule has 0 aliphatic carbocycles. The van der Waals surface area contributed by atoms with Crippen LogP contribution in [0.2, 0.25) is 0 Å². The number of rotatable bonds is 4. The second-order valence-corrected chi connectivity index (χ2v) is 7.94. The van der Waals surface area contributed by atoms with E-state index in [0.29, 0.717) is 22.3 Å². The van der Waals surface area contributed by atoms with Gasteiger partial charge in [0.1, 0.15) is 5.60 Å². The third-order valence-corrected chi connectivity index (χ3v) is 4.32. The van der Waals surface area contributed by atoms with Crippen LogP contribution in [0, 0.1) is 0 Å².